The van der Waals surface area contributed by atoms with Gasteiger partial charge in [-0.3, -0.25) is 4.79 Å². The normalized spacial score (nSPS) is 15.9. The van der Waals surface area contributed by atoms with Gasteiger partial charge in [-0.25, -0.2) is 0 Å². The van der Waals surface area contributed by atoms with E-state index in [1.165, 1.54) is 18.4 Å². The molecule has 0 saturated heterocycles. The molecule has 0 aromatic carbocycles. The van der Waals surface area contributed by atoms with Gasteiger partial charge in [-0.2, -0.15) is 0 Å². The lowest BCUT2D eigenvalue weighted by Gasteiger charge is -2.12. The summed E-state index contributed by atoms with van der Waals surface area (Å²) in [4.78, 5) is 21.1. The number of aliphatic carboxylic acids is 1. The van der Waals surface area contributed by atoms with Crippen LogP contribution in [-0.2, 0) is 9.59 Å². The molecule has 0 atom stereocenters. The third-order valence-electron chi connectivity index (χ3n) is 2.50. The van der Waals surface area contributed by atoms with Crippen LogP contribution < -0.4 is 10.4 Å². The van der Waals surface area contributed by atoms with Crippen molar-refractivity contribution in [3.63, 3.8) is 0 Å². The Morgan fingerprint density at radius 1 is 1.38 bits per heavy atom. The van der Waals surface area contributed by atoms with E-state index in [2.05, 4.69) is 11.4 Å². The molecular weight excluding hydrogens is 206 g/mol. The van der Waals surface area contributed by atoms with Crippen molar-refractivity contribution in [2.24, 2.45) is 0 Å². The lowest BCUT2D eigenvalue weighted by Crippen LogP contribution is -2.24. The average Bonchev–Trinajstić information content (AvgIpc) is 2.28. The topological polar surface area (TPSA) is 69.2 Å². The number of hydrogen-bond acceptors (Lipinski definition) is 3. The molecule has 0 aromatic rings. The van der Waals surface area contributed by atoms with Gasteiger partial charge < -0.3 is 15.2 Å². The monoisotopic (exact) mass is 222 g/mol. The molecule has 0 heterocycles. The third kappa shape index (κ3) is 5.34. The molecule has 1 rings (SSSR count). The number of allylic oxidation sites excluding steroid dienone is 1. The van der Waals surface area contributed by atoms with Crippen molar-refractivity contribution >= 4 is 11.9 Å². The molecular formula is C12H16NO3-. The number of amides is 1. The summed E-state index contributed by atoms with van der Waals surface area (Å²) >= 11 is 0. The van der Waals surface area contributed by atoms with Crippen molar-refractivity contribution in [1.82, 2.24) is 5.32 Å². The average molecular weight is 222 g/mol. The fourth-order valence-corrected chi connectivity index (χ4v) is 1.68. The third-order valence-corrected chi connectivity index (χ3v) is 2.50. The van der Waals surface area contributed by atoms with Crippen LogP contribution in [-0.4, -0.2) is 18.4 Å². The Hall–Kier alpha value is -1.58. The lowest BCUT2D eigenvalue weighted by atomic mass is 9.97. The summed E-state index contributed by atoms with van der Waals surface area (Å²) in [6.07, 6.45) is 9.52. The maximum Gasteiger partial charge on any atom is 0.244 e. The summed E-state index contributed by atoms with van der Waals surface area (Å²) < 4.78 is 0. The summed E-state index contributed by atoms with van der Waals surface area (Å²) in [5, 5.41) is 12.7. The van der Waals surface area contributed by atoms with E-state index in [1.54, 1.807) is 0 Å². The first-order valence-corrected chi connectivity index (χ1v) is 5.53. The van der Waals surface area contributed by atoms with Crippen molar-refractivity contribution in [2.45, 2.75) is 32.1 Å². The molecule has 1 amide bonds. The van der Waals surface area contributed by atoms with E-state index in [4.69, 9.17) is 0 Å². The van der Waals surface area contributed by atoms with Crippen LogP contribution >= 0.6 is 0 Å². The second-order valence-electron chi connectivity index (χ2n) is 3.80. The van der Waals surface area contributed by atoms with Gasteiger partial charge in [0, 0.05) is 12.6 Å². The van der Waals surface area contributed by atoms with Gasteiger partial charge >= 0.3 is 0 Å². The van der Waals surface area contributed by atoms with Gasteiger partial charge in [-0.1, -0.05) is 11.6 Å². The molecule has 1 aliphatic rings. The summed E-state index contributed by atoms with van der Waals surface area (Å²) in [6.45, 7) is 0.558. The van der Waals surface area contributed by atoms with Crippen molar-refractivity contribution in [3.8, 4) is 0 Å². The Morgan fingerprint density at radius 2 is 2.19 bits per heavy atom. The summed E-state index contributed by atoms with van der Waals surface area (Å²) in [5.74, 6) is -1.74. The number of carboxylic acid groups (broad SMARTS) is 1. The molecule has 16 heavy (non-hydrogen) atoms. The van der Waals surface area contributed by atoms with E-state index < -0.39 is 5.97 Å². The maximum atomic E-state index is 11.1. The van der Waals surface area contributed by atoms with Crippen LogP contribution in [0.2, 0.25) is 0 Å². The van der Waals surface area contributed by atoms with E-state index >= 15 is 0 Å². The first-order chi connectivity index (χ1) is 7.68. The molecule has 1 aliphatic carbocycles. The molecule has 0 aromatic heterocycles. The zero-order valence-corrected chi connectivity index (χ0v) is 9.20. The Bertz CT molecular complexity index is 318. The Balaban J connectivity index is 2.17. The molecule has 0 radical (unpaired) electrons. The second-order valence-corrected chi connectivity index (χ2v) is 3.80. The van der Waals surface area contributed by atoms with E-state index in [0.29, 0.717) is 6.54 Å². The molecule has 4 heteroatoms. The first kappa shape index (κ1) is 12.5. The molecule has 0 spiro atoms. The summed E-state index contributed by atoms with van der Waals surface area (Å²) in [7, 11) is 0. The molecule has 0 bridgehead atoms. The van der Waals surface area contributed by atoms with Gasteiger partial charge in [-0.05, 0) is 38.2 Å². The standard InChI is InChI=1S/C12H17NO3/c14-11(6-7-12(15)16)13-9-8-10-4-2-1-3-5-10/h4,6-7H,1-3,5,8-9H2,(H,13,14)(H,15,16)/p-1/b7-6+. The molecule has 0 saturated carbocycles. The van der Waals surface area contributed by atoms with Gasteiger partial charge in [0.15, 0.2) is 0 Å². The predicted molar refractivity (Wildman–Crippen MR) is 58.3 cm³/mol. The van der Waals surface area contributed by atoms with Gasteiger partial charge in [0.25, 0.3) is 0 Å². The molecule has 0 fully saturated rings. The quantitative estimate of drug-likeness (QED) is 0.537. The molecule has 1 N–H and O–H groups in total. The Labute approximate surface area is 95.0 Å². The highest BCUT2D eigenvalue weighted by Crippen LogP contribution is 2.19. The van der Waals surface area contributed by atoms with Crippen LogP contribution in [0.5, 0.6) is 0 Å². The number of hydrogen-bond donors (Lipinski definition) is 1. The van der Waals surface area contributed by atoms with Crippen LogP contribution in [0.25, 0.3) is 0 Å². The van der Waals surface area contributed by atoms with E-state index in [1.807, 2.05) is 0 Å². The summed E-state index contributed by atoms with van der Waals surface area (Å²) in [5.41, 5.74) is 1.38. The van der Waals surface area contributed by atoms with Crippen molar-refractivity contribution < 1.29 is 14.7 Å². The fraction of sp³-hybridized carbons (Fsp3) is 0.500. The number of nitrogens with one attached hydrogen (secondary N) is 1. The van der Waals surface area contributed by atoms with Crippen molar-refractivity contribution in [3.05, 3.63) is 23.8 Å². The number of rotatable bonds is 5. The van der Waals surface area contributed by atoms with Gasteiger partial charge in [0.1, 0.15) is 0 Å². The molecule has 4 nitrogen and oxygen atoms in total. The lowest BCUT2D eigenvalue weighted by molar-refractivity contribution is -0.297. The van der Waals surface area contributed by atoms with Crippen LogP contribution in [0.1, 0.15) is 32.1 Å². The second kappa shape index (κ2) is 6.82. The first-order valence-electron chi connectivity index (χ1n) is 5.53. The minimum absolute atomic E-state index is 0.388. The minimum atomic E-state index is -1.36. The molecule has 0 unspecified atom stereocenters. The maximum absolute atomic E-state index is 11.1. The van der Waals surface area contributed by atoms with Gasteiger partial charge in [0.05, 0.1) is 5.97 Å². The highest BCUT2D eigenvalue weighted by atomic mass is 16.4. The van der Waals surface area contributed by atoms with Crippen molar-refractivity contribution in [2.75, 3.05) is 6.54 Å². The van der Waals surface area contributed by atoms with Crippen LogP contribution in [0.3, 0.4) is 0 Å². The van der Waals surface area contributed by atoms with Crippen molar-refractivity contribution in [1.29, 1.82) is 0 Å². The number of carbonyl (C=O) groups is 2. The fourth-order valence-electron chi connectivity index (χ4n) is 1.68. The largest absolute Gasteiger partial charge is 0.545 e. The van der Waals surface area contributed by atoms with Crippen LogP contribution in [0, 0.1) is 0 Å². The van der Waals surface area contributed by atoms with E-state index in [9.17, 15) is 14.7 Å². The van der Waals surface area contributed by atoms with Crippen LogP contribution in [0.15, 0.2) is 23.8 Å². The minimum Gasteiger partial charge on any atom is -0.545 e. The SMILES string of the molecule is O=C([O-])/C=C/C(=O)NCCC1=CCCCC1. The molecule has 88 valence electrons. The molecule has 0 aliphatic heterocycles. The Kier molecular flexibility index (Phi) is 5.32. The van der Waals surface area contributed by atoms with Gasteiger partial charge in [0.2, 0.25) is 5.91 Å². The Morgan fingerprint density at radius 3 is 2.81 bits per heavy atom. The zero-order chi connectivity index (χ0) is 11.8. The van der Waals surface area contributed by atoms with Gasteiger partial charge in [-0.15, -0.1) is 0 Å². The van der Waals surface area contributed by atoms with E-state index in [-0.39, 0.29) is 5.91 Å². The zero-order valence-electron chi connectivity index (χ0n) is 9.20. The van der Waals surface area contributed by atoms with Crippen LogP contribution in [0.4, 0.5) is 0 Å². The highest BCUT2D eigenvalue weighted by molar-refractivity contribution is 5.93. The van der Waals surface area contributed by atoms with E-state index in [0.717, 1.165) is 31.4 Å². The predicted octanol–water partition coefficient (Wildman–Crippen LogP) is 0.299. The number of carbonyl (C=O) groups excluding carboxylic acids is 2. The highest BCUT2D eigenvalue weighted by Gasteiger charge is 2.03. The smallest absolute Gasteiger partial charge is 0.244 e. The number of carboxylic acids is 1. The summed E-state index contributed by atoms with van der Waals surface area (Å²) in [6, 6.07) is 0.